The Labute approximate surface area is 155 Å². The van der Waals surface area contributed by atoms with Crippen LogP contribution in [0.2, 0.25) is 0 Å². The van der Waals surface area contributed by atoms with E-state index in [1.165, 1.54) is 23.3 Å². The predicted molar refractivity (Wildman–Crippen MR) is 106 cm³/mol. The van der Waals surface area contributed by atoms with Gasteiger partial charge in [-0.05, 0) is 49.6 Å². The average Bonchev–Trinajstić information content (AvgIpc) is 2.89. The molecule has 0 amide bonds. The number of halogens is 1. The van der Waals surface area contributed by atoms with E-state index in [4.69, 9.17) is 4.99 Å². The molecule has 3 rings (SSSR count). The van der Waals surface area contributed by atoms with Gasteiger partial charge in [0.15, 0.2) is 5.96 Å². The zero-order valence-corrected chi connectivity index (χ0v) is 16.7. The van der Waals surface area contributed by atoms with E-state index >= 15 is 0 Å². The third-order valence-corrected chi connectivity index (χ3v) is 5.37. The quantitative estimate of drug-likeness (QED) is 0.576. The Morgan fingerprint density at radius 2 is 2.00 bits per heavy atom. The number of guanidine groups is 1. The third kappa shape index (κ3) is 3.91. The molecule has 1 saturated heterocycles. The number of nitrogens with one attached hydrogen (secondary N) is 1. The van der Waals surface area contributed by atoms with Crippen LogP contribution in [0.25, 0.3) is 0 Å². The molecule has 0 radical (unpaired) electrons. The maximum Gasteiger partial charge on any atom is 0.194 e. The molecule has 0 saturated carbocycles. The van der Waals surface area contributed by atoms with Gasteiger partial charge in [0, 0.05) is 11.4 Å². The fourth-order valence-corrected chi connectivity index (χ4v) is 3.65. The zero-order chi connectivity index (χ0) is 14.8. The van der Waals surface area contributed by atoms with Gasteiger partial charge in [-0.25, -0.2) is 0 Å². The standard InChI is InChI=1S/C17H25N3S.HI/c1-12-4-7-15-10-18-17(20(15)11-12)19-13(2)14-5-8-16(21-3)9-6-14;/h5-6,8-9,12-13,15H,4,7,10-11H2,1-3H3,(H,18,19);1H/t12?,13-,15?;/m0./s1. The van der Waals surface area contributed by atoms with E-state index in [2.05, 4.69) is 54.6 Å². The SMILES string of the molecule is CSc1ccc([C@H](C)NC2=NCC3CCC(C)CN23)cc1.I. The van der Waals surface area contributed by atoms with Gasteiger partial charge in [-0.3, -0.25) is 4.99 Å². The fourth-order valence-electron chi connectivity index (χ4n) is 3.24. The topological polar surface area (TPSA) is 27.6 Å². The number of aliphatic imine (C=N–C) groups is 1. The number of benzene rings is 1. The van der Waals surface area contributed by atoms with Crippen LogP contribution >= 0.6 is 35.7 Å². The van der Waals surface area contributed by atoms with Crippen LogP contribution in [0.15, 0.2) is 34.2 Å². The molecule has 2 aliphatic heterocycles. The molecule has 2 unspecified atom stereocenters. The highest BCUT2D eigenvalue weighted by Gasteiger charge is 2.33. The highest BCUT2D eigenvalue weighted by atomic mass is 127. The third-order valence-electron chi connectivity index (χ3n) is 4.63. The number of hydrogen-bond acceptors (Lipinski definition) is 4. The second-order valence-corrected chi connectivity index (χ2v) is 7.17. The molecule has 1 N–H and O–H groups in total. The van der Waals surface area contributed by atoms with Gasteiger partial charge in [0.1, 0.15) is 0 Å². The first-order valence-corrected chi connectivity index (χ1v) is 9.11. The summed E-state index contributed by atoms with van der Waals surface area (Å²) in [6, 6.07) is 9.76. The minimum Gasteiger partial charge on any atom is -0.350 e. The van der Waals surface area contributed by atoms with Gasteiger partial charge in [-0.2, -0.15) is 0 Å². The minimum atomic E-state index is 0. The van der Waals surface area contributed by atoms with Crippen molar-refractivity contribution in [1.82, 2.24) is 10.2 Å². The van der Waals surface area contributed by atoms with E-state index in [1.807, 2.05) is 0 Å². The summed E-state index contributed by atoms with van der Waals surface area (Å²) < 4.78 is 0. The maximum atomic E-state index is 4.74. The number of thioether (sulfide) groups is 1. The first-order valence-electron chi connectivity index (χ1n) is 7.89. The molecule has 2 aliphatic rings. The summed E-state index contributed by atoms with van der Waals surface area (Å²) in [5.41, 5.74) is 1.32. The maximum absolute atomic E-state index is 4.74. The Balaban J connectivity index is 0.00000176. The second kappa shape index (κ2) is 7.90. The van der Waals surface area contributed by atoms with E-state index in [1.54, 1.807) is 11.8 Å². The van der Waals surface area contributed by atoms with Gasteiger partial charge < -0.3 is 10.2 Å². The summed E-state index contributed by atoms with van der Waals surface area (Å²) in [7, 11) is 0. The van der Waals surface area contributed by atoms with E-state index in [0.717, 1.165) is 25.0 Å². The van der Waals surface area contributed by atoms with Crippen LogP contribution in [0.3, 0.4) is 0 Å². The molecular formula is C17H26IN3S. The second-order valence-electron chi connectivity index (χ2n) is 6.29. The Bertz CT molecular complexity index is 517. The predicted octanol–water partition coefficient (Wildman–Crippen LogP) is 4.15. The Hall–Kier alpha value is -0.430. The normalized spacial score (nSPS) is 25.0. The van der Waals surface area contributed by atoms with Crippen molar-refractivity contribution < 1.29 is 0 Å². The van der Waals surface area contributed by atoms with Crippen molar-refractivity contribution in [3.63, 3.8) is 0 Å². The largest absolute Gasteiger partial charge is 0.350 e. The van der Waals surface area contributed by atoms with Crippen molar-refractivity contribution >= 4 is 41.7 Å². The lowest BCUT2D eigenvalue weighted by Crippen LogP contribution is -2.48. The molecule has 3 nitrogen and oxygen atoms in total. The molecule has 1 aromatic carbocycles. The Morgan fingerprint density at radius 3 is 2.68 bits per heavy atom. The molecule has 0 spiro atoms. The average molecular weight is 431 g/mol. The number of fused-ring (bicyclic) bond motifs is 1. The van der Waals surface area contributed by atoms with Crippen molar-refractivity contribution in [2.45, 2.75) is 43.7 Å². The van der Waals surface area contributed by atoms with Crippen molar-refractivity contribution in [2.24, 2.45) is 10.9 Å². The van der Waals surface area contributed by atoms with Crippen molar-refractivity contribution in [3.8, 4) is 0 Å². The van der Waals surface area contributed by atoms with E-state index in [-0.39, 0.29) is 24.0 Å². The van der Waals surface area contributed by atoms with Crippen LogP contribution in [0, 0.1) is 5.92 Å². The molecule has 2 heterocycles. The first-order chi connectivity index (χ1) is 10.2. The molecule has 122 valence electrons. The Morgan fingerprint density at radius 1 is 1.27 bits per heavy atom. The van der Waals surface area contributed by atoms with Gasteiger partial charge >= 0.3 is 0 Å². The molecular weight excluding hydrogens is 405 g/mol. The monoisotopic (exact) mass is 431 g/mol. The smallest absolute Gasteiger partial charge is 0.194 e. The van der Waals surface area contributed by atoms with Gasteiger partial charge in [0.05, 0.1) is 18.6 Å². The molecule has 5 heteroatoms. The molecule has 0 aliphatic carbocycles. The molecule has 0 bridgehead atoms. The minimum absolute atomic E-state index is 0. The van der Waals surface area contributed by atoms with Crippen LogP contribution in [0.5, 0.6) is 0 Å². The van der Waals surface area contributed by atoms with E-state index in [0.29, 0.717) is 12.1 Å². The van der Waals surface area contributed by atoms with Crippen molar-refractivity contribution in [2.75, 3.05) is 19.3 Å². The van der Waals surface area contributed by atoms with E-state index < -0.39 is 0 Å². The first kappa shape index (κ1) is 17.9. The van der Waals surface area contributed by atoms with Crippen LogP contribution in [0.1, 0.15) is 38.3 Å². The van der Waals surface area contributed by atoms with Crippen molar-refractivity contribution in [1.29, 1.82) is 0 Å². The summed E-state index contributed by atoms with van der Waals surface area (Å²) in [5, 5.41) is 3.62. The van der Waals surface area contributed by atoms with Gasteiger partial charge in [-0.1, -0.05) is 19.1 Å². The van der Waals surface area contributed by atoms with Crippen LogP contribution in [-0.4, -0.2) is 36.2 Å². The van der Waals surface area contributed by atoms with Crippen LogP contribution in [-0.2, 0) is 0 Å². The summed E-state index contributed by atoms with van der Waals surface area (Å²) >= 11 is 1.78. The highest BCUT2D eigenvalue weighted by Crippen LogP contribution is 2.26. The van der Waals surface area contributed by atoms with Crippen LogP contribution in [0.4, 0.5) is 0 Å². The zero-order valence-electron chi connectivity index (χ0n) is 13.6. The number of piperidine rings is 1. The lowest BCUT2D eigenvalue weighted by atomic mass is 9.95. The van der Waals surface area contributed by atoms with Gasteiger partial charge in [-0.15, -0.1) is 35.7 Å². The molecule has 1 aromatic rings. The number of rotatable bonds is 3. The lowest BCUT2D eigenvalue weighted by Gasteiger charge is -2.36. The van der Waals surface area contributed by atoms with Gasteiger partial charge in [0.25, 0.3) is 0 Å². The number of hydrogen-bond donors (Lipinski definition) is 1. The molecule has 1 fully saturated rings. The number of nitrogens with zero attached hydrogens (tertiary/aromatic N) is 2. The molecule has 0 aromatic heterocycles. The summed E-state index contributed by atoms with van der Waals surface area (Å²) in [4.78, 5) is 8.54. The summed E-state index contributed by atoms with van der Waals surface area (Å²) in [6.07, 6.45) is 4.74. The lowest BCUT2D eigenvalue weighted by molar-refractivity contribution is 0.210. The Kier molecular flexibility index (Phi) is 6.44. The summed E-state index contributed by atoms with van der Waals surface area (Å²) in [6.45, 7) is 6.68. The van der Waals surface area contributed by atoms with Crippen LogP contribution < -0.4 is 5.32 Å². The molecule has 22 heavy (non-hydrogen) atoms. The fraction of sp³-hybridized carbons (Fsp3) is 0.588. The van der Waals surface area contributed by atoms with Crippen molar-refractivity contribution in [3.05, 3.63) is 29.8 Å². The summed E-state index contributed by atoms with van der Waals surface area (Å²) in [5.74, 6) is 1.88. The van der Waals surface area contributed by atoms with E-state index in [9.17, 15) is 0 Å². The molecule has 3 atom stereocenters. The highest BCUT2D eigenvalue weighted by molar-refractivity contribution is 14.0. The van der Waals surface area contributed by atoms with Gasteiger partial charge in [0.2, 0.25) is 0 Å².